The third kappa shape index (κ3) is 8.52. The largest absolute Gasteiger partial charge is 0.465 e. The van der Waals surface area contributed by atoms with Crippen LogP contribution in [0, 0.1) is 0 Å². The number of hydrogen-bond acceptors (Lipinski definition) is 6. The van der Waals surface area contributed by atoms with E-state index in [4.69, 9.17) is 0 Å². The van der Waals surface area contributed by atoms with E-state index >= 15 is 0 Å². The average molecular weight is 336 g/mol. The molecule has 0 saturated heterocycles. The van der Waals surface area contributed by atoms with Crippen LogP contribution >= 0.6 is 0 Å². The summed E-state index contributed by atoms with van der Waals surface area (Å²) in [7, 11) is 0. The van der Waals surface area contributed by atoms with E-state index in [9.17, 15) is 19.2 Å². The Bertz CT molecular complexity index is 544. The lowest BCUT2D eigenvalue weighted by Gasteiger charge is -2.08. The van der Waals surface area contributed by atoms with Crippen LogP contribution in [0.5, 0.6) is 0 Å². The minimum absolute atomic E-state index is 0.0254. The van der Waals surface area contributed by atoms with Gasteiger partial charge in [0.25, 0.3) is 0 Å². The van der Waals surface area contributed by atoms with E-state index in [1.807, 2.05) is 0 Å². The minimum Gasteiger partial charge on any atom is -0.465 e. The fraction of sp³-hybridized carbons (Fsp3) is 0.375. The molecule has 1 rings (SSSR count). The van der Waals surface area contributed by atoms with Gasteiger partial charge in [0.05, 0.1) is 12.8 Å². The topological polar surface area (TPSA) is 111 Å². The van der Waals surface area contributed by atoms with E-state index < -0.39 is 11.9 Å². The number of amides is 2. The van der Waals surface area contributed by atoms with E-state index in [1.165, 1.54) is 13.8 Å². The molecule has 130 valence electrons. The molecular weight excluding hydrogens is 316 g/mol. The second kappa shape index (κ2) is 9.98. The van der Waals surface area contributed by atoms with Crippen molar-refractivity contribution in [3.63, 3.8) is 0 Å². The van der Waals surface area contributed by atoms with Crippen molar-refractivity contribution in [1.29, 1.82) is 0 Å². The van der Waals surface area contributed by atoms with Gasteiger partial charge >= 0.3 is 11.9 Å². The van der Waals surface area contributed by atoms with Crippen molar-refractivity contribution < 1.29 is 28.7 Å². The van der Waals surface area contributed by atoms with Gasteiger partial charge in [0.15, 0.2) is 0 Å². The van der Waals surface area contributed by atoms with Gasteiger partial charge in [-0.2, -0.15) is 0 Å². The number of esters is 2. The summed E-state index contributed by atoms with van der Waals surface area (Å²) in [5, 5.41) is 5.29. The number of rotatable bonds is 8. The van der Waals surface area contributed by atoms with Crippen LogP contribution in [0.3, 0.4) is 0 Å². The van der Waals surface area contributed by atoms with Crippen LogP contribution in [0.15, 0.2) is 24.3 Å². The first-order chi connectivity index (χ1) is 11.4. The molecule has 1 aromatic carbocycles. The van der Waals surface area contributed by atoms with Crippen LogP contribution in [-0.4, -0.2) is 37.0 Å². The minimum atomic E-state index is -0.434. The van der Waals surface area contributed by atoms with Crippen molar-refractivity contribution >= 4 is 35.1 Å². The highest BCUT2D eigenvalue weighted by Crippen LogP contribution is 2.14. The Morgan fingerprint density at radius 3 is 1.38 bits per heavy atom. The van der Waals surface area contributed by atoms with Gasteiger partial charge in [0.1, 0.15) is 13.2 Å². The SMILES string of the molecule is CC(=O)OCCC(=O)Nc1ccc(NC(=O)CCOC(C)=O)cc1. The molecule has 8 nitrogen and oxygen atoms in total. The van der Waals surface area contributed by atoms with Gasteiger partial charge in [-0.1, -0.05) is 0 Å². The number of anilines is 2. The molecule has 24 heavy (non-hydrogen) atoms. The molecular formula is C16H20N2O6. The third-order valence-electron chi connectivity index (χ3n) is 2.72. The number of carbonyl (C=O) groups is 4. The third-order valence-corrected chi connectivity index (χ3v) is 2.72. The number of hydrogen-bond donors (Lipinski definition) is 2. The molecule has 0 aliphatic rings. The number of carbonyl (C=O) groups excluding carboxylic acids is 4. The van der Waals surface area contributed by atoms with Gasteiger partial charge in [-0.3, -0.25) is 19.2 Å². The average Bonchev–Trinajstić information content (AvgIpc) is 2.48. The molecule has 0 aromatic heterocycles. The van der Waals surface area contributed by atoms with Crippen LogP contribution in [0.4, 0.5) is 11.4 Å². The van der Waals surface area contributed by atoms with Gasteiger partial charge in [-0.05, 0) is 24.3 Å². The Kier molecular flexibility index (Phi) is 7.97. The Labute approximate surface area is 139 Å². The highest BCUT2D eigenvalue weighted by Gasteiger charge is 2.06. The van der Waals surface area contributed by atoms with Crippen LogP contribution in [0.1, 0.15) is 26.7 Å². The molecule has 0 saturated carbocycles. The monoisotopic (exact) mass is 336 g/mol. The fourth-order valence-corrected chi connectivity index (χ4v) is 1.66. The Balaban J connectivity index is 2.37. The van der Waals surface area contributed by atoms with E-state index in [2.05, 4.69) is 20.1 Å². The zero-order valence-corrected chi connectivity index (χ0v) is 13.6. The lowest BCUT2D eigenvalue weighted by atomic mass is 10.2. The summed E-state index contributed by atoms with van der Waals surface area (Å²) in [5.41, 5.74) is 1.11. The summed E-state index contributed by atoms with van der Waals surface area (Å²) in [6.07, 6.45) is 0.127. The fourth-order valence-electron chi connectivity index (χ4n) is 1.66. The molecule has 0 bridgehead atoms. The van der Waals surface area contributed by atoms with Crippen molar-refractivity contribution in [2.75, 3.05) is 23.8 Å². The molecule has 8 heteroatoms. The highest BCUT2D eigenvalue weighted by atomic mass is 16.5. The summed E-state index contributed by atoms with van der Waals surface area (Å²) in [5.74, 6) is -1.43. The first kappa shape index (κ1) is 19.1. The van der Waals surface area contributed by atoms with E-state index in [0.29, 0.717) is 11.4 Å². The second-order valence-electron chi connectivity index (χ2n) is 4.85. The van der Waals surface area contributed by atoms with Gasteiger partial charge in [-0.25, -0.2) is 0 Å². The second-order valence-corrected chi connectivity index (χ2v) is 4.85. The summed E-state index contributed by atoms with van der Waals surface area (Å²) in [6.45, 7) is 2.60. The predicted molar refractivity (Wildman–Crippen MR) is 86.2 cm³/mol. The van der Waals surface area contributed by atoms with Crippen molar-refractivity contribution in [3.8, 4) is 0 Å². The van der Waals surface area contributed by atoms with Crippen LogP contribution in [0.25, 0.3) is 0 Å². The van der Waals surface area contributed by atoms with Crippen LogP contribution < -0.4 is 10.6 Å². The van der Waals surface area contributed by atoms with E-state index in [-0.39, 0.29) is 37.9 Å². The lowest BCUT2D eigenvalue weighted by molar-refractivity contribution is -0.142. The first-order valence-corrected chi connectivity index (χ1v) is 7.33. The summed E-state index contributed by atoms with van der Waals surface area (Å²) in [6, 6.07) is 6.52. The van der Waals surface area contributed by atoms with E-state index in [0.717, 1.165) is 0 Å². The van der Waals surface area contributed by atoms with Crippen LogP contribution in [-0.2, 0) is 28.7 Å². The number of ether oxygens (including phenoxy) is 2. The summed E-state index contributed by atoms with van der Waals surface area (Å²) < 4.78 is 9.36. The molecule has 0 fully saturated rings. The Hall–Kier alpha value is -2.90. The van der Waals surface area contributed by atoms with Crippen LogP contribution in [0.2, 0.25) is 0 Å². The predicted octanol–water partition coefficient (Wildman–Crippen LogP) is 1.47. The summed E-state index contributed by atoms with van der Waals surface area (Å²) >= 11 is 0. The van der Waals surface area contributed by atoms with Gasteiger partial charge in [0, 0.05) is 25.2 Å². The maximum absolute atomic E-state index is 11.6. The molecule has 0 heterocycles. The normalized spacial score (nSPS) is 9.75. The quantitative estimate of drug-likeness (QED) is 0.696. The molecule has 2 N–H and O–H groups in total. The zero-order valence-electron chi connectivity index (χ0n) is 13.6. The van der Waals surface area contributed by atoms with Gasteiger partial charge in [0.2, 0.25) is 11.8 Å². The molecule has 0 aliphatic heterocycles. The maximum Gasteiger partial charge on any atom is 0.302 e. The molecule has 0 unspecified atom stereocenters. The molecule has 0 atom stereocenters. The number of nitrogens with one attached hydrogen (secondary N) is 2. The standard InChI is InChI=1S/C16H20N2O6/c1-11(19)23-9-7-15(21)17-13-3-5-14(6-4-13)18-16(22)8-10-24-12(2)20/h3-6H,7-10H2,1-2H3,(H,17,21)(H,18,22). The molecule has 0 radical (unpaired) electrons. The molecule has 2 amide bonds. The van der Waals surface area contributed by atoms with E-state index in [1.54, 1.807) is 24.3 Å². The summed E-state index contributed by atoms with van der Waals surface area (Å²) in [4.78, 5) is 44.4. The smallest absolute Gasteiger partial charge is 0.302 e. The van der Waals surface area contributed by atoms with Crippen molar-refractivity contribution in [1.82, 2.24) is 0 Å². The Morgan fingerprint density at radius 2 is 1.08 bits per heavy atom. The molecule has 0 spiro atoms. The Morgan fingerprint density at radius 1 is 0.750 bits per heavy atom. The zero-order chi connectivity index (χ0) is 17.9. The van der Waals surface area contributed by atoms with Crippen molar-refractivity contribution in [2.24, 2.45) is 0 Å². The molecule has 0 aliphatic carbocycles. The van der Waals surface area contributed by atoms with Crippen molar-refractivity contribution in [3.05, 3.63) is 24.3 Å². The first-order valence-electron chi connectivity index (χ1n) is 7.33. The number of benzene rings is 1. The lowest BCUT2D eigenvalue weighted by Crippen LogP contribution is -2.16. The highest BCUT2D eigenvalue weighted by molar-refractivity contribution is 5.93. The maximum atomic E-state index is 11.6. The van der Waals surface area contributed by atoms with Crippen molar-refractivity contribution in [2.45, 2.75) is 26.7 Å². The molecule has 1 aromatic rings. The van der Waals surface area contributed by atoms with Gasteiger partial charge < -0.3 is 20.1 Å². The van der Waals surface area contributed by atoms with Gasteiger partial charge in [-0.15, -0.1) is 0 Å².